The van der Waals surface area contributed by atoms with Crippen LogP contribution in [-0.4, -0.2) is 38.0 Å². The average molecular weight is 423 g/mol. The molecule has 0 aliphatic rings. The maximum atomic E-state index is 13.1. The minimum atomic E-state index is -0.545. The summed E-state index contributed by atoms with van der Waals surface area (Å²) >= 11 is 0. The van der Waals surface area contributed by atoms with E-state index < -0.39 is 11.6 Å². The summed E-state index contributed by atoms with van der Waals surface area (Å²) in [4.78, 5) is 6.21. The molecule has 6 heteroatoms. The summed E-state index contributed by atoms with van der Waals surface area (Å²) in [6.07, 6.45) is 4.40. The molecule has 1 aromatic rings. The molecule has 1 N–H and O–H groups in total. The van der Waals surface area contributed by atoms with Crippen molar-refractivity contribution in [1.82, 2.24) is 10.2 Å². The van der Waals surface area contributed by atoms with Crippen LogP contribution in [-0.2, 0) is 6.42 Å². The Morgan fingerprint density at radius 3 is 2.50 bits per heavy atom. The summed E-state index contributed by atoms with van der Waals surface area (Å²) in [6.45, 7) is 5.14. The molecule has 3 nitrogen and oxygen atoms in total. The molecule has 1 aromatic carbocycles. The smallest absolute Gasteiger partial charge is 0.193 e. The molecule has 0 aromatic heterocycles. The highest BCUT2D eigenvalue weighted by molar-refractivity contribution is 14.0. The number of benzene rings is 1. The number of rotatable bonds is 7. The molecular formula is C16H24F2IN3. The SMILES string of the molecule is C=CCCCN(C)C(=NC)NCCc1cc(F)cc(F)c1.I. The van der Waals surface area contributed by atoms with E-state index in [1.54, 1.807) is 7.05 Å². The molecule has 0 amide bonds. The summed E-state index contributed by atoms with van der Waals surface area (Å²) in [6, 6.07) is 3.58. The number of nitrogens with one attached hydrogen (secondary N) is 1. The second kappa shape index (κ2) is 11.4. The Labute approximate surface area is 148 Å². The molecule has 0 bridgehead atoms. The number of nitrogens with zero attached hydrogens (tertiary/aromatic N) is 2. The molecule has 1 rings (SSSR count). The van der Waals surface area contributed by atoms with E-state index in [1.807, 2.05) is 18.0 Å². The van der Waals surface area contributed by atoms with E-state index >= 15 is 0 Å². The predicted octanol–water partition coefficient (Wildman–Crippen LogP) is 3.60. The summed E-state index contributed by atoms with van der Waals surface area (Å²) in [5.74, 6) is -0.317. The third kappa shape index (κ3) is 7.72. The van der Waals surface area contributed by atoms with E-state index in [1.165, 1.54) is 12.1 Å². The second-order valence-electron chi connectivity index (χ2n) is 4.85. The fourth-order valence-electron chi connectivity index (χ4n) is 2.04. The third-order valence-electron chi connectivity index (χ3n) is 3.09. The molecule has 22 heavy (non-hydrogen) atoms. The topological polar surface area (TPSA) is 27.6 Å². The van der Waals surface area contributed by atoms with Gasteiger partial charge in [-0.2, -0.15) is 0 Å². The van der Waals surface area contributed by atoms with Crippen molar-refractivity contribution in [2.45, 2.75) is 19.3 Å². The number of hydrogen-bond donors (Lipinski definition) is 1. The number of aliphatic imine (C=N–C) groups is 1. The van der Waals surface area contributed by atoms with Gasteiger partial charge in [0.05, 0.1) is 0 Å². The van der Waals surface area contributed by atoms with E-state index in [4.69, 9.17) is 0 Å². The van der Waals surface area contributed by atoms with Crippen molar-refractivity contribution in [2.24, 2.45) is 4.99 Å². The number of guanidine groups is 1. The van der Waals surface area contributed by atoms with Crippen LogP contribution in [0, 0.1) is 11.6 Å². The highest BCUT2D eigenvalue weighted by Gasteiger charge is 2.05. The van der Waals surface area contributed by atoms with Crippen LogP contribution in [0.3, 0.4) is 0 Å². The van der Waals surface area contributed by atoms with Crippen LogP contribution in [0.25, 0.3) is 0 Å². The van der Waals surface area contributed by atoms with Crippen molar-refractivity contribution in [3.8, 4) is 0 Å². The Balaban J connectivity index is 0.00000441. The number of unbranched alkanes of at least 4 members (excludes halogenated alkanes) is 1. The molecule has 0 fully saturated rings. The van der Waals surface area contributed by atoms with E-state index in [0.717, 1.165) is 31.4 Å². The van der Waals surface area contributed by atoms with Crippen LogP contribution in [0.1, 0.15) is 18.4 Å². The van der Waals surface area contributed by atoms with Gasteiger partial charge in [0.15, 0.2) is 5.96 Å². The van der Waals surface area contributed by atoms with Crippen molar-refractivity contribution >= 4 is 29.9 Å². The van der Waals surface area contributed by atoms with Gasteiger partial charge in [-0.3, -0.25) is 4.99 Å². The van der Waals surface area contributed by atoms with Gasteiger partial charge >= 0.3 is 0 Å². The summed E-state index contributed by atoms with van der Waals surface area (Å²) in [5.41, 5.74) is 0.629. The van der Waals surface area contributed by atoms with Gasteiger partial charge in [0, 0.05) is 33.3 Å². The Morgan fingerprint density at radius 2 is 1.95 bits per heavy atom. The molecule has 0 radical (unpaired) electrons. The van der Waals surface area contributed by atoms with Gasteiger partial charge in [-0.05, 0) is 37.0 Å². The Morgan fingerprint density at radius 1 is 1.32 bits per heavy atom. The number of allylic oxidation sites excluding steroid dienone is 1. The lowest BCUT2D eigenvalue weighted by Crippen LogP contribution is -2.40. The molecule has 0 atom stereocenters. The molecule has 0 saturated heterocycles. The second-order valence-corrected chi connectivity index (χ2v) is 4.85. The van der Waals surface area contributed by atoms with Crippen molar-refractivity contribution < 1.29 is 8.78 Å². The molecule has 0 heterocycles. The zero-order valence-electron chi connectivity index (χ0n) is 13.1. The Kier molecular flexibility index (Phi) is 10.8. The van der Waals surface area contributed by atoms with Crippen molar-refractivity contribution in [3.05, 3.63) is 48.1 Å². The molecular weight excluding hydrogens is 399 g/mol. The van der Waals surface area contributed by atoms with Crippen LogP contribution in [0.15, 0.2) is 35.8 Å². The highest BCUT2D eigenvalue weighted by Crippen LogP contribution is 2.08. The molecule has 0 aliphatic heterocycles. The van der Waals surface area contributed by atoms with Gasteiger partial charge in [-0.15, -0.1) is 30.6 Å². The summed E-state index contributed by atoms with van der Waals surface area (Å²) in [5, 5.41) is 3.19. The first-order valence-corrected chi connectivity index (χ1v) is 7.04. The monoisotopic (exact) mass is 423 g/mol. The Hall–Kier alpha value is -1.18. The van der Waals surface area contributed by atoms with Crippen molar-refractivity contribution in [1.29, 1.82) is 0 Å². The maximum Gasteiger partial charge on any atom is 0.193 e. The minimum absolute atomic E-state index is 0. The van der Waals surface area contributed by atoms with E-state index in [0.29, 0.717) is 18.5 Å². The van der Waals surface area contributed by atoms with Crippen LogP contribution >= 0.6 is 24.0 Å². The van der Waals surface area contributed by atoms with Gasteiger partial charge in [-0.25, -0.2) is 8.78 Å². The molecule has 0 unspecified atom stereocenters. The fraction of sp³-hybridized carbons (Fsp3) is 0.438. The standard InChI is InChI=1S/C16H23F2N3.HI/c1-4-5-6-9-21(3)16(19-2)20-8-7-13-10-14(17)12-15(18)11-13;/h4,10-12H,1,5-9H2,2-3H3,(H,19,20);1H. The first-order valence-electron chi connectivity index (χ1n) is 7.04. The number of halogens is 3. The van der Waals surface area contributed by atoms with Crippen LogP contribution in [0.2, 0.25) is 0 Å². The number of hydrogen-bond acceptors (Lipinski definition) is 1. The Bertz CT molecular complexity index is 472. The zero-order chi connectivity index (χ0) is 15.7. The van der Waals surface area contributed by atoms with Gasteiger partial charge in [0.2, 0.25) is 0 Å². The quantitative estimate of drug-likeness (QED) is 0.239. The summed E-state index contributed by atoms with van der Waals surface area (Å²) in [7, 11) is 3.68. The lowest BCUT2D eigenvalue weighted by molar-refractivity contribution is 0.470. The largest absolute Gasteiger partial charge is 0.356 e. The predicted molar refractivity (Wildman–Crippen MR) is 98.9 cm³/mol. The van der Waals surface area contributed by atoms with Gasteiger partial charge < -0.3 is 10.2 Å². The molecule has 0 spiro atoms. The first kappa shape index (κ1) is 20.8. The van der Waals surface area contributed by atoms with Gasteiger partial charge in [0.25, 0.3) is 0 Å². The normalized spacial score (nSPS) is 10.8. The maximum absolute atomic E-state index is 13.1. The van der Waals surface area contributed by atoms with Crippen LogP contribution in [0.4, 0.5) is 8.78 Å². The van der Waals surface area contributed by atoms with Gasteiger partial charge in [-0.1, -0.05) is 6.08 Å². The molecule has 0 saturated carbocycles. The highest BCUT2D eigenvalue weighted by atomic mass is 127. The zero-order valence-corrected chi connectivity index (χ0v) is 15.4. The minimum Gasteiger partial charge on any atom is -0.356 e. The summed E-state index contributed by atoms with van der Waals surface area (Å²) < 4.78 is 26.2. The van der Waals surface area contributed by atoms with Crippen LogP contribution in [0.5, 0.6) is 0 Å². The van der Waals surface area contributed by atoms with Gasteiger partial charge in [0.1, 0.15) is 11.6 Å². The molecule has 0 aliphatic carbocycles. The van der Waals surface area contributed by atoms with Crippen LogP contribution < -0.4 is 5.32 Å². The lowest BCUT2D eigenvalue weighted by atomic mass is 10.1. The lowest BCUT2D eigenvalue weighted by Gasteiger charge is -2.21. The fourth-order valence-corrected chi connectivity index (χ4v) is 2.04. The van der Waals surface area contributed by atoms with Crippen molar-refractivity contribution in [2.75, 3.05) is 27.2 Å². The first-order chi connectivity index (χ1) is 10.1. The third-order valence-corrected chi connectivity index (χ3v) is 3.09. The van der Waals surface area contributed by atoms with E-state index in [9.17, 15) is 8.78 Å². The average Bonchev–Trinajstić information content (AvgIpc) is 2.42. The molecule has 124 valence electrons. The van der Waals surface area contributed by atoms with Crippen molar-refractivity contribution in [3.63, 3.8) is 0 Å². The van der Waals surface area contributed by atoms with E-state index in [-0.39, 0.29) is 24.0 Å². The van der Waals surface area contributed by atoms with E-state index in [2.05, 4.69) is 16.9 Å².